The van der Waals surface area contributed by atoms with Gasteiger partial charge in [0, 0.05) is 0 Å². The second-order valence-corrected chi connectivity index (χ2v) is 4.73. The minimum absolute atomic E-state index is 0.0811. The average molecular weight is 313 g/mol. The van der Waals surface area contributed by atoms with Crippen LogP contribution in [0.2, 0.25) is 0 Å². The van der Waals surface area contributed by atoms with Crippen molar-refractivity contribution in [1.29, 1.82) is 0 Å². The van der Waals surface area contributed by atoms with Crippen molar-refractivity contribution in [3.8, 4) is 16.9 Å². The molecule has 23 heavy (non-hydrogen) atoms. The SMILES string of the molecule is COc1ccc(C(=O)O)c2oc([N+](=O)[O-])c(-c3ccccc3)c12. The van der Waals surface area contributed by atoms with Crippen molar-refractivity contribution in [2.45, 2.75) is 0 Å². The molecule has 0 bridgehead atoms. The van der Waals surface area contributed by atoms with E-state index in [0.717, 1.165) is 0 Å². The third kappa shape index (κ3) is 2.28. The van der Waals surface area contributed by atoms with Crippen LogP contribution in [-0.4, -0.2) is 23.1 Å². The molecule has 0 aliphatic rings. The van der Waals surface area contributed by atoms with Crippen LogP contribution in [0.25, 0.3) is 22.1 Å². The monoisotopic (exact) mass is 313 g/mol. The summed E-state index contributed by atoms with van der Waals surface area (Å²) in [5.41, 5.74) is 0.498. The van der Waals surface area contributed by atoms with Crippen molar-refractivity contribution < 1.29 is 24.0 Å². The Morgan fingerprint density at radius 1 is 1.22 bits per heavy atom. The number of nitro groups is 1. The summed E-state index contributed by atoms with van der Waals surface area (Å²) < 4.78 is 10.5. The van der Waals surface area contributed by atoms with Gasteiger partial charge in [-0.15, -0.1) is 0 Å². The molecule has 1 aromatic heterocycles. The van der Waals surface area contributed by atoms with Crippen LogP contribution < -0.4 is 4.74 Å². The van der Waals surface area contributed by atoms with Crippen molar-refractivity contribution in [3.63, 3.8) is 0 Å². The molecule has 0 fully saturated rings. The van der Waals surface area contributed by atoms with Crippen molar-refractivity contribution in [3.05, 3.63) is 58.1 Å². The summed E-state index contributed by atoms with van der Waals surface area (Å²) in [6, 6.07) is 11.4. The number of aromatic carboxylic acids is 1. The van der Waals surface area contributed by atoms with E-state index >= 15 is 0 Å². The van der Waals surface area contributed by atoms with E-state index in [4.69, 9.17) is 9.15 Å². The summed E-state index contributed by atoms with van der Waals surface area (Å²) in [6.07, 6.45) is 0. The Bertz CT molecular complexity index is 913. The first-order valence-corrected chi connectivity index (χ1v) is 6.61. The number of nitrogens with zero attached hydrogens (tertiary/aromatic N) is 1. The fourth-order valence-corrected chi connectivity index (χ4v) is 2.50. The minimum Gasteiger partial charge on any atom is -0.496 e. The van der Waals surface area contributed by atoms with Gasteiger partial charge in [0.2, 0.25) is 0 Å². The number of hydrogen-bond acceptors (Lipinski definition) is 5. The number of furan rings is 1. The van der Waals surface area contributed by atoms with Gasteiger partial charge in [-0.3, -0.25) is 10.1 Å². The number of ether oxygens (including phenoxy) is 1. The second-order valence-electron chi connectivity index (χ2n) is 4.73. The van der Waals surface area contributed by atoms with Crippen molar-refractivity contribution >= 4 is 22.8 Å². The van der Waals surface area contributed by atoms with E-state index in [1.165, 1.54) is 19.2 Å². The molecule has 0 spiro atoms. The molecule has 0 aliphatic heterocycles. The summed E-state index contributed by atoms with van der Waals surface area (Å²) in [4.78, 5) is 22.1. The maximum atomic E-state index is 11.4. The van der Waals surface area contributed by atoms with Crippen molar-refractivity contribution in [2.24, 2.45) is 0 Å². The van der Waals surface area contributed by atoms with Gasteiger partial charge in [0.1, 0.15) is 21.8 Å². The normalized spacial score (nSPS) is 10.7. The van der Waals surface area contributed by atoms with Gasteiger partial charge in [0.15, 0.2) is 5.58 Å². The zero-order valence-corrected chi connectivity index (χ0v) is 12.0. The lowest BCUT2D eigenvalue weighted by Crippen LogP contribution is -1.97. The molecule has 2 aromatic carbocycles. The molecular formula is C16H11NO6. The third-order valence-corrected chi connectivity index (χ3v) is 3.46. The van der Waals surface area contributed by atoms with Gasteiger partial charge in [-0.2, -0.15) is 0 Å². The van der Waals surface area contributed by atoms with E-state index in [1.54, 1.807) is 30.3 Å². The van der Waals surface area contributed by atoms with Crippen LogP contribution in [-0.2, 0) is 0 Å². The molecule has 0 unspecified atom stereocenters. The van der Waals surface area contributed by atoms with Gasteiger partial charge in [-0.05, 0) is 17.7 Å². The molecule has 0 aliphatic carbocycles. The number of carbonyl (C=O) groups is 1. The van der Waals surface area contributed by atoms with Gasteiger partial charge in [0.05, 0.1) is 12.5 Å². The Kier molecular flexibility index (Phi) is 3.46. The summed E-state index contributed by atoms with van der Waals surface area (Å²) >= 11 is 0. The molecule has 0 atom stereocenters. The van der Waals surface area contributed by atoms with E-state index in [0.29, 0.717) is 11.3 Å². The Balaban J connectivity index is 2.50. The number of rotatable bonds is 4. The molecule has 7 nitrogen and oxygen atoms in total. The fraction of sp³-hybridized carbons (Fsp3) is 0.0625. The molecular weight excluding hydrogens is 302 g/mol. The molecule has 0 saturated heterocycles. The molecule has 3 aromatic rings. The molecule has 0 radical (unpaired) electrons. The van der Waals surface area contributed by atoms with Gasteiger partial charge in [-0.25, -0.2) is 4.79 Å². The van der Waals surface area contributed by atoms with E-state index in [1.807, 2.05) is 0 Å². The number of benzene rings is 2. The first-order valence-electron chi connectivity index (χ1n) is 6.61. The first kappa shape index (κ1) is 14.6. The van der Waals surface area contributed by atoms with Crippen LogP contribution in [0.3, 0.4) is 0 Å². The smallest absolute Gasteiger partial charge is 0.442 e. The Morgan fingerprint density at radius 2 is 1.91 bits per heavy atom. The summed E-state index contributed by atoms with van der Waals surface area (Å²) in [7, 11) is 1.41. The third-order valence-electron chi connectivity index (χ3n) is 3.46. The quantitative estimate of drug-likeness (QED) is 0.581. The maximum absolute atomic E-state index is 11.4. The van der Waals surface area contributed by atoms with Crippen molar-refractivity contribution in [2.75, 3.05) is 7.11 Å². The van der Waals surface area contributed by atoms with Gasteiger partial charge in [0.25, 0.3) is 0 Å². The zero-order valence-electron chi connectivity index (χ0n) is 12.0. The summed E-state index contributed by atoms with van der Waals surface area (Å²) in [5.74, 6) is -1.44. The molecule has 1 heterocycles. The number of carboxylic acid groups (broad SMARTS) is 1. The predicted molar refractivity (Wildman–Crippen MR) is 81.8 cm³/mol. The molecule has 116 valence electrons. The lowest BCUT2D eigenvalue weighted by Gasteiger charge is -2.05. The minimum atomic E-state index is -1.24. The van der Waals surface area contributed by atoms with Gasteiger partial charge < -0.3 is 14.3 Å². The lowest BCUT2D eigenvalue weighted by atomic mass is 10.0. The molecule has 7 heteroatoms. The standard InChI is InChI=1S/C16H11NO6/c1-22-11-8-7-10(16(18)19)14-13(11)12(15(23-14)17(20)21)9-5-3-2-4-6-9/h2-8H,1H3,(H,18,19). The van der Waals surface area contributed by atoms with Crippen LogP contribution in [0.15, 0.2) is 46.9 Å². The highest BCUT2D eigenvalue weighted by Crippen LogP contribution is 2.45. The molecule has 0 amide bonds. The molecule has 0 saturated carbocycles. The Hall–Kier alpha value is -3.35. The van der Waals surface area contributed by atoms with E-state index in [-0.39, 0.29) is 22.1 Å². The second kappa shape index (κ2) is 5.45. The van der Waals surface area contributed by atoms with Crippen molar-refractivity contribution in [1.82, 2.24) is 0 Å². The van der Waals surface area contributed by atoms with E-state index < -0.39 is 16.8 Å². The number of fused-ring (bicyclic) bond motifs is 1. The highest BCUT2D eigenvalue weighted by Gasteiger charge is 2.30. The Labute approximate surface area is 129 Å². The largest absolute Gasteiger partial charge is 0.496 e. The number of methoxy groups -OCH3 is 1. The number of carboxylic acids is 1. The Morgan fingerprint density at radius 3 is 2.48 bits per heavy atom. The van der Waals surface area contributed by atoms with Crippen LogP contribution in [0.5, 0.6) is 5.75 Å². The van der Waals surface area contributed by atoms with E-state index in [2.05, 4.69) is 0 Å². The number of hydrogen-bond donors (Lipinski definition) is 1. The topological polar surface area (TPSA) is 103 Å². The average Bonchev–Trinajstić information content (AvgIpc) is 2.95. The highest BCUT2D eigenvalue weighted by atomic mass is 16.6. The maximum Gasteiger partial charge on any atom is 0.442 e. The van der Waals surface area contributed by atoms with Gasteiger partial charge in [-0.1, -0.05) is 30.3 Å². The molecule has 1 N–H and O–H groups in total. The first-order chi connectivity index (χ1) is 11.0. The predicted octanol–water partition coefficient (Wildman–Crippen LogP) is 3.71. The van der Waals surface area contributed by atoms with Crippen LogP contribution >= 0.6 is 0 Å². The highest BCUT2D eigenvalue weighted by molar-refractivity contribution is 6.10. The van der Waals surface area contributed by atoms with Crippen LogP contribution in [0.1, 0.15) is 10.4 Å². The zero-order chi connectivity index (χ0) is 16.6. The van der Waals surface area contributed by atoms with Crippen LogP contribution in [0, 0.1) is 10.1 Å². The summed E-state index contributed by atoms with van der Waals surface area (Å²) in [5, 5.41) is 20.9. The van der Waals surface area contributed by atoms with E-state index in [9.17, 15) is 20.0 Å². The fourth-order valence-electron chi connectivity index (χ4n) is 2.50. The lowest BCUT2D eigenvalue weighted by molar-refractivity contribution is -0.400. The summed E-state index contributed by atoms with van der Waals surface area (Å²) in [6.45, 7) is 0. The van der Waals surface area contributed by atoms with Crippen LogP contribution in [0.4, 0.5) is 5.88 Å². The molecule has 3 rings (SSSR count). The van der Waals surface area contributed by atoms with Gasteiger partial charge >= 0.3 is 11.9 Å².